The molecule has 1 aromatic rings. The van der Waals surface area contributed by atoms with E-state index in [1.54, 1.807) is 19.1 Å². The highest BCUT2D eigenvalue weighted by Gasteiger charge is 2.07. The van der Waals surface area contributed by atoms with Gasteiger partial charge in [0, 0.05) is 12.3 Å². The van der Waals surface area contributed by atoms with E-state index in [9.17, 15) is 4.79 Å². The molecule has 1 rings (SSSR count). The zero-order valence-corrected chi connectivity index (χ0v) is 9.19. The smallest absolute Gasteiger partial charge is 0.339 e. The fourth-order valence-electron chi connectivity index (χ4n) is 1.03. The highest BCUT2D eigenvalue weighted by Crippen LogP contribution is 2.10. The Morgan fingerprint density at radius 3 is 2.67 bits per heavy atom. The molecule has 0 bridgehead atoms. The number of ether oxygens (including phenoxy) is 2. The number of rotatable bonds is 4. The Hall–Kier alpha value is -1.58. The van der Waals surface area contributed by atoms with Gasteiger partial charge in [-0.25, -0.2) is 9.78 Å². The first-order valence-electron chi connectivity index (χ1n) is 4.93. The van der Waals surface area contributed by atoms with Gasteiger partial charge in [-0.3, -0.25) is 0 Å². The zero-order chi connectivity index (χ0) is 11.3. The molecule has 0 aliphatic carbocycles. The van der Waals surface area contributed by atoms with Crippen molar-refractivity contribution in [1.29, 1.82) is 0 Å². The molecule has 0 aliphatic heterocycles. The van der Waals surface area contributed by atoms with Crippen LogP contribution >= 0.6 is 0 Å². The molecule has 82 valence electrons. The Labute approximate surface area is 89.2 Å². The molecule has 0 amide bonds. The highest BCUT2D eigenvalue weighted by atomic mass is 16.5. The maximum atomic E-state index is 11.3. The summed E-state index contributed by atoms with van der Waals surface area (Å²) in [5.74, 6) is 0.152. The summed E-state index contributed by atoms with van der Waals surface area (Å²) in [6, 6.07) is 3.30. The van der Waals surface area contributed by atoms with Crippen molar-refractivity contribution in [2.45, 2.75) is 26.9 Å². The molecule has 1 aromatic heterocycles. The molecule has 0 N–H and O–H groups in total. The molecular weight excluding hydrogens is 194 g/mol. The van der Waals surface area contributed by atoms with Gasteiger partial charge in [0.25, 0.3) is 0 Å². The van der Waals surface area contributed by atoms with Gasteiger partial charge in [-0.1, -0.05) is 0 Å². The van der Waals surface area contributed by atoms with Crippen LogP contribution < -0.4 is 4.74 Å². The number of nitrogens with zero attached hydrogens (tertiary/aromatic N) is 1. The number of carbonyl (C=O) groups is 1. The summed E-state index contributed by atoms with van der Waals surface area (Å²) >= 11 is 0. The van der Waals surface area contributed by atoms with Gasteiger partial charge in [0.15, 0.2) is 0 Å². The van der Waals surface area contributed by atoms with Crippen molar-refractivity contribution in [3.8, 4) is 5.88 Å². The Kier molecular flexibility index (Phi) is 4.09. The number of pyridine rings is 1. The molecule has 15 heavy (non-hydrogen) atoms. The van der Waals surface area contributed by atoms with Gasteiger partial charge in [0.1, 0.15) is 0 Å². The van der Waals surface area contributed by atoms with Gasteiger partial charge in [-0.2, -0.15) is 0 Å². The lowest BCUT2D eigenvalue weighted by molar-refractivity contribution is 0.0526. The molecule has 0 saturated heterocycles. The van der Waals surface area contributed by atoms with Crippen molar-refractivity contribution in [2.24, 2.45) is 0 Å². The van der Waals surface area contributed by atoms with Crippen LogP contribution in [0.4, 0.5) is 0 Å². The standard InChI is InChI=1S/C11H15NO3/c1-4-14-11(13)9-5-6-10(12-7-9)15-8(2)3/h5-8H,4H2,1-3H3. The third-order valence-electron chi connectivity index (χ3n) is 1.60. The minimum absolute atomic E-state index is 0.0749. The van der Waals surface area contributed by atoms with Gasteiger partial charge in [0.05, 0.1) is 18.3 Å². The molecule has 0 radical (unpaired) electrons. The van der Waals surface area contributed by atoms with Crippen LogP contribution in [0.15, 0.2) is 18.3 Å². The Morgan fingerprint density at radius 1 is 1.47 bits per heavy atom. The average Bonchev–Trinajstić information content (AvgIpc) is 2.18. The van der Waals surface area contributed by atoms with Crippen LogP contribution in [0.3, 0.4) is 0 Å². The second kappa shape index (κ2) is 5.34. The SMILES string of the molecule is CCOC(=O)c1ccc(OC(C)C)nc1. The van der Waals surface area contributed by atoms with E-state index in [2.05, 4.69) is 4.98 Å². The maximum absolute atomic E-state index is 11.3. The number of hydrogen-bond donors (Lipinski definition) is 0. The summed E-state index contributed by atoms with van der Waals surface area (Å²) in [7, 11) is 0. The molecule has 1 heterocycles. The van der Waals surface area contributed by atoms with E-state index < -0.39 is 0 Å². The van der Waals surface area contributed by atoms with Crippen LogP contribution in [-0.2, 0) is 4.74 Å². The Balaban J connectivity index is 2.67. The minimum Gasteiger partial charge on any atom is -0.475 e. The van der Waals surface area contributed by atoms with Crippen molar-refractivity contribution in [1.82, 2.24) is 4.98 Å². The van der Waals surface area contributed by atoms with Crippen molar-refractivity contribution in [2.75, 3.05) is 6.61 Å². The number of esters is 1. The third kappa shape index (κ3) is 3.58. The van der Waals surface area contributed by atoms with Crippen molar-refractivity contribution < 1.29 is 14.3 Å². The fourth-order valence-corrected chi connectivity index (χ4v) is 1.03. The molecule has 0 saturated carbocycles. The topological polar surface area (TPSA) is 48.4 Å². The maximum Gasteiger partial charge on any atom is 0.339 e. The monoisotopic (exact) mass is 209 g/mol. The lowest BCUT2D eigenvalue weighted by Crippen LogP contribution is -2.08. The lowest BCUT2D eigenvalue weighted by Gasteiger charge is -2.08. The Bertz CT molecular complexity index is 319. The number of carbonyl (C=O) groups excluding carboxylic acids is 1. The predicted molar refractivity (Wildman–Crippen MR) is 56.0 cm³/mol. The molecular formula is C11H15NO3. The summed E-state index contributed by atoms with van der Waals surface area (Å²) in [5.41, 5.74) is 0.438. The van der Waals surface area contributed by atoms with E-state index >= 15 is 0 Å². The summed E-state index contributed by atoms with van der Waals surface area (Å²) in [6.07, 6.45) is 1.53. The molecule has 0 fully saturated rings. The average molecular weight is 209 g/mol. The van der Waals surface area contributed by atoms with E-state index in [4.69, 9.17) is 9.47 Å². The fraction of sp³-hybridized carbons (Fsp3) is 0.455. The summed E-state index contributed by atoms with van der Waals surface area (Å²) in [5, 5.41) is 0. The van der Waals surface area contributed by atoms with E-state index in [0.29, 0.717) is 18.1 Å². The molecule has 4 heteroatoms. The van der Waals surface area contributed by atoms with Crippen LogP contribution in [0.2, 0.25) is 0 Å². The second-order valence-corrected chi connectivity index (χ2v) is 3.27. The van der Waals surface area contributed by atoms with E-state index in [-0.39, 0.29) is 12.1 Å². The van der Waals surface area contributed by atoms with Crippen molar-refractivity contribution in [3.05, 3.63) is 23.9 Å². The van der Waals surface area contributed by atoms with Gasteiger partial charge >= 0.3 is 5.97 Å². The van der Waals surface area contributed by atoms with Gasteiger partial charge in [-0.05, 0) is 26.8 Å². The third-order valence-corrected chi connectivity index (χ3v) is 1.60. The highest BCUT2D eigenvalue weighted by molar-refractivity contribution is 5.89. The normalized spacial score (nSPS) is 10.1. The van der Waals surface area contributed by atoms with Gasteiger partial charge < -0.3 is 9.47 Å². The molecule has 0 unspecified atom stereocenters. The number of aromatic nitrogens is 1. The lowest BCUT2D eigenvalue weighted by atomic mass is 10.3. The molecule has 0 atom stereocenters. The second-order valence-electron chi connectivity index (χ2n) is 3.27. The summed E-state index contributed by atoms with van der Waals surface area (Å²) in [4.78, 5) is 15.3. The molecule has 0 aliphatic rings. The van der Waals surface area contributed by atoms with Gasteiger partial charge in [-0.15, -0.1) is 0 Å². The van der Waals surface area contributed by atoms with E-state index in [1.807, 2.05) is 13.8 Å². The number of hydrogen-bond acceptors (Lipinski definition) is 4. The van der Waals surface area contributed by atoms with Crippen LogP contribution in [0.1, 0.15) is 31.1 Å². The molecule has 4 nitrogen and oxygen atoms in total. The summed E-state index contributed by atoms with van der Waals surface area (Å²) < 4.78 is 10.2. The molecule has 0 aromatic carbocycles. The largest absolute Gasteiger partial charge is 0.475 e. The zero-order valence-electron chi connectivity index (χ0n) is 9.19. The quantitative estimate of drug-likeness (QED) is 0.712. The first-order valence-corrected chi connectivity index (χ1v) is 4.93. The first-order chi connectivity index (χ1) is 7.13. The van der Waals surface area contributed by atoms with Crippen LogP contribution in [0, 0.1) is 0 Å². The Morgan fingerprint density at radius 2 is 2.20 bits per heavy atom. The van der Waals surface area contributed by atoms with Crippen LogP contribution in [-0.4, -0.2) is 23.7 Å². The van der Waals surface area contributed by atoms with Crippen molar-refractivity contribution in [3.63, 3.8) is 0 Å². The minimum atomic E-state index is -0.360. The first kappa shape index (κ1) is 11.5. The van der Waals surface area contributed by atoms with Crippen molar-refractivity contribution >= 4 is 5.97 Å². The van der Waals surface area contributed by atoms with Crippen LogP contribution in [0.25, 0.3) is 0 Å². The van der Waals surface area contributed by atoms with Gasteiger partial charge in [0.2, 0.25) is 5.88 Å². The van der Waals surface area contributed by atoms with E-state index in [0.717, 1.165) is 0 Å². The van der Waals surface area contributed by atoms with E-state index in [1.165, 1.54) is 6.20 Å². The van der Waals surface area contributed by atoms with Crippen LogP contribution in [0.5, 0.6) is 5.88 Å². The predicted octanol–water partition coefficient (Wildman–Crippen LogP) is 2.05. The molecule has 0 spiro atoms. The summed E-state index contributed by atoms with van der Waals surface area (Å²) in [6.45, 7) is 5.96.